The highest BCUT2D eigenvalue weighted by atomic mass is 32.2. The summed E-state index contributed by atoms with van der Waals surface area (Å²) in [4.78, 5) is 26.5. The first-order chi connectivity index (χ1) is 9.75. The second-order valence-corrected chi connectivity index (χ2v) is 6.28. The Morgan fingerprint density at radius 1 is 1.40 bits per heavy atom. The molecule has 0 spiro atoms. The normalized spacial score (nSPS) is 23.2. The van der Waals surface area contributed by atoms with Gasteiger partial charge in [0.05, 0.1) is 17.8 Å². The number of anilines is 1. The van der Waals surface area contributed by atoms with Gasteiger partial charge in [-0.05, 0) is 12.8 Å². The molecule has 1 aromatic heterocycles. The van der Waals surface area contributed by atoms with Crippen LogP contribution in [0.2, 0.25) is 0 Å². The summed E-state index contributed by atoms with van der Waals surface area (Å²) in [7, 11) is 0. The van der Waals surface area contributed by atoms with E-state index in [0.29, 0.717) is 17.3 Å². The molecule has 20 heavy (non-hydrogen) atoms. The number of aromatic nitrogens is 2. The highest BCUT2D eigenvalue weighted by Gasteiger charge is 2.38. The monoisotopic (exact) mass is 294 g/mol. The van der Waals surface area contributed by atoms with E-state index in [9.17, 15) is 9.59 Å². The molecule has 2 aliphatic rings. The van der Waals surface area contributed by atoms with Gasteiger partial charge in [0, 0.05) is 17.9 Å². The molecule has 1 atom stereocenters. The van der Waals surface area contributed by atoms with Crippen LogP contribution in [0, 0.1) is 5.92 Å². The van der Waals surface area contributed by atoms with E-state index in [1.165, 1.54) is 0 Å². The third-order valence-corrected chi connectivity index (χ3v) is 4.95. The van der Waals surface area contributed by atoms with E-state index in [4.69, 9.17) is 0 Å². The van der Waals surface area contributed by atoms with Gasteiger partial charge in [-0.3, -0.25) is 14.7 Å². The number of H-pyrrole nitrogens is 1. The Labute approximate surface area is 121 Å². The molecule has 1 aliphatic carbocycles. The van der Waals surface area contributed by atoms with Crippen molar-refractivity contribution in [1.29, 1.82) is 0 Å². The maximum Gasteiger partial charge on any atom is 0.248 e. The minimum absolute atomic E-state index is 0.122. The highest BCUT2D eigenvalue weighted by Crippen LogP contribution is 2.31. The molecular weight excluding hydrogens is 276 g/mol. The predicted molar refractivity (Wildman–Crippen MR) is 77.1 cm³/mol. The molecule has 2 heterocycles. The SMILES string of the molecule is O=C(Nc1cn[nH]c1)C1CSCN1C(=O)C1CCCC1. The Kier molecular flexibility index (Phi) is 3.95. The zero-order valence-electron chi connectivity index (χ0n) is 11.2. The second kappa shape index (κ2) is 5.87. The highest BCUT2D eigenvalue weighted by molar-refractivity contribution is 7.99. The average Bonchev–Trinajstić information content (AvgIpc) is 3.19. The van der Waals surface area contributed by atoms with Gasteiger partial charge in [-0.2, -0.15) is 5.10 Å². The number of thioether (sulfide) groups is 1. The van der Waals surface area contributed by atoms with Crippen molar-refractivity contribution < 1.29 is 9.59 Å². The maximum atomic E-state index is 12.5. The van der Waals surface area contributed by atoms with Gasteiger partial charge in [0.1, 0.15) is 6.04 Å². The molecule has 0 bridgehead atoms. The molecule has 2 N–H and O–H groups in total. The van der Waals surface area contributed by atoms with Gasteiger partial charge < -0.3 is 10.2 Å². The lowest BCUT2D eigenvalue weighted by atomic mass is 10.1. The minimum atomic E-state index is -0.358. The van der Waals surface area contributed by atoms with Crippen LogP contribution in [-0.2, 0) is 9.59 Å². The maximum absolute atomic E-state index is 12.5. The van der Waals surface area contributed by atoms with Gasteiger partial charge in [0.15, 0.2) is 0 Å². The van der Waals surface area contributed by atoms with Crippen LogP contribution in [0.25, 0.3) is 0 Å². The molecule has 7 heteroatoms. The zero-order valence-corrected chi connectivity index (χ0v) is 12.0. The summed E-state index contributed by atoms with van der Waals surface area (Å²) in [6, 6.07) is -0.358. The second-order valence-electron chi connectivity index (χ2n) is 5.28. The van der Waals surface area contributed by atoms with Gasteiger partial charge in [-0.15, -0.1) is 11.8 Å². The van der Waals surface area contributed by atoms with Gasteiger partial charge in [-0.25, -0.2) is 0 Å². The van der Waals surface area contributed by atoms with Crippen molar-refractivity contribution in [3.8, 4) is 0 Å². The lowest BCUT2D eigenvalue weighted by Crippen LogP contribution is -2.46. The molecule has 1 saturated carbocycles. The number of amides is 2. The van der Waals surface area contributed by atoms with Crippen LogP contribution in [0.15, 0.2) is 12.4 Å². The number of hydrogen-bond donors (Lipinski definition) is 2. The van der Waals surface area contributed by atoms with Crippen molar-refractivity contribution in [2.24, 2.45) is 5.92 Å². The molecule has 1 unspecified atom stereocenters. The van der Waals surface area contributed by atoms with Gasteiger partial charge in [0.2, 0.25) is 11.8 Å². The fourth-order valence-electron chi connectivity index (χ4n) is 2.83. The van der Waals surface area contributed by atoms with E-state index >= 15 is 0 Å². The molecule has 1 aromatic rings. The summed E-state index contributed by atoms with van der Waals surface area (Å²) in [5.41, 5.74) is 0.639. The molecule has 1 aliphatic heterocycles. The smallest absolute Gasteiger partial charge is 0.248 e. The topological polar surface area (TPSA) is 78.1 Å². The Bertz CT molecular complexity index is 485. The quantitative estimate of drug-likeness (QED) is 0.884. The van der Waals surface area contributed by atoms with Crippen LogP contribution in [0.3, 0.4) is 0 Å². The number of aromatic amines is 1. The third-order valence-electron chi connectivity index (χ3n) is 3.94. The average molecular weight is 294 g/mol. The largest absolute Gasteiger partial charge is 0.322 e. The van der Waals surface area contributed by atoms with E-state index in [0.717, 1.165) is 25.7 Å². The third kappa shape index (κ3) is 2.67. The number of nitrogens with one attached hydrogen (secondary N) is 2. The summed E-state index contributed by atoms with van der Waals surface area (Å²) in [5.74, 6) is 1.45. The molecule has 108 valence electrons. The van der Waals surface area contributed by atoms with Gasteiger partial charge in [0.25, 0.3) is 0 Å². The van der Waals surface area contributed by atoms with Crippen molar-refractivity contribution in [2.75, 3.05) is 16.9 Å². The van der Waals surface area contributed by atoms with Crippen LogP contribution in [-0.4, -0.2) is 44.6 Å². The Morgan fingerprint density at radius 2 is 2.20 bits per heavy atom. The molecule has 2 fully saturated rings. The van der Waals surface area contributed by atoms with E-state index < -0.39 is 0 Å². The molecule has 3 rings (SSSR count). The van der Waals surface area contributed by atoms with Crippen LogP contribution in [0.1, 0.15) is 25.7 Å². The van der Waals surface area contributed by atoms with Crippen LogP contribution in [0.5, 0.6) is 0 Å². The lowest BCUT2D eigenvalue weighted by Gasteiger charge is -2.25. The van der Waals surface area contributed by atoms with Crippen molar-refractivity contribution in [3.05, 3.63) is 12.4 Å². The number of carbonyl (C=O) groups excluding carboxylic acids is 2. The molecule has 1 saturated heterocycles. The fraction of sp³-hybridized carbons (Fsp3) is 0.615. The Morgan fingerprint density at radius 3 is 2.90 bits per heavy atom. The molecule has 2 amide bonds. The van der Waals surface area contributed by atoms with Gasteiger partial charge in [-0.1, -0.05) is 12.8 Å². The predicted octanol–water partition coefficient (Wildman–Crippen LogP) is 1.44. The summed E-state index contributed by atoms with van der Waals surface area (Å²) in [5, 5.41) is 9.25. The summed E-state index contributed by atoms with van der Waals surface area (Å²) < 4.78 is 0. The molecule has 0 radical (unpaired) electrons. The van der Waals surface area contributed by atoms with Gasteiger partial charge >= 0.3 is 0 Å². The zero-order chi connectivity index (χ0) is 13.9. The summed E-state index contributed by atoms with van der Waals surface area (Å²) in [6.45, 7) is 0. The number of carbonyl (C=O) groups is 2. The lowest BCUT2D eigenvalue weighted by molar-refractivity contribution is -0.139. The summed E-state index contributed by atoms with van der Waals surface area (Å²) >= 11 is 1.64. The first kappa shape index (κ1) is 13.5. The Hall–Kier alpha value is -1.50. The van der Waals surface area contributed by atoms with E-state index in [1.807, 2.05) is 0 Å². The van der Waals surface area contributed by atoms with Crippen LogP contribution in [0.4, 0.5) is 5.69 Å². The number of hydrogen-bond acceptors (Lipinski definition) is 4. The molecular formula is C13H18N4O2S. The molecule has 6 nitrogen and oxygen atoms in total. The number of nitrogens with zero attached hydrogens (tertiary/aromatic N) is 2. The Balaban J connectivity index is 1.65. The first-order valence-electron chi connectivity index (χ1n) is 6.93. The fourth-order valence-corrected chi connectivity index (χ4v) is 3.99. The van der Waals surface area contributed by atoms with E-state index in [-0.39, 0.29) is 23.8 Å². The van der Waals surface area contributed by atoms with E-state index in [2.05, 4.69) is 15.5 Å². The van der Waals surface area contributed by atoms with Crippen molar-refractivity contribution in [3.63, 3.8) is 0 Å². The molecule has 0 aromatic carbocycles. The number of rotatable bonds is 3. The summed E-state index contributed by atoms with van der Waals surface area (Å²) in [6.07, 6.45) is 7.38. The van der Waals surface area contributed by atoms with E-state index in [1.54, 1.807) is 29.1 Å². The van der Waals surface area contributed by atoms with Crippen molar-refractivity contribution >= 4 is 29.3 Å². The van der Waals surface area contributed by atoms with Crippen LogP contribution < -0.4 is 5.32 Å². The van der Waals surface area contributed by atoms with Crippen LogP contribution >= 0.6 is 11.8 Å². The minimum Gasteiger partial charge on any atom is -0.322 e. The van der Waals surface area contributed by atoms with Crippen molar-refractivity contribution in [2.45, 2.75) is 31.7 Å². The first-order valence-corrected chi connectivity index (χ1v) is 8.09. The standard InChI is InChI=1S/C13H18N4O2S/c18-12(16-10-5-14-15-6-10)11-7-20-8-17(11)13(19)9-3-1-2-4-9/h5-6,9,11H,1-4,7-8H2,(H,14,15)(H,16,18). The van der Waals surface area contributed by atoms with Crippen molar-refractivity contribution in [1.82, 2.24) is 15.1 Å².